The molecule has 3 saturated carbocycles. The molecule has 4 nitrogen and oxygen atoms in total. The number of aryl methyl sites for hydroxylation is 1. The van der Waals surface area contributed by atoms with Gasteiger partial charge < -0.3 is 0 Å². The zero-order valence-corrected chi connectivity index (χ0v) is 12.5. The summed E-state index contributed by atoms with van der Waals surface area (Å²) in [6.07, 6.45) is 1.82. The highest BCUT2D eigenvalue weighted by atomic mass is 19.2. The Kier molecular flexibility index (Phi) is 2.43. The molecule has 2 heterocycles. The standard InChI is InChI=1S/C16H13F4N3O/c17-9-3-8(4-10(18)13(9)19)11-1-2-12-21-23(14(24)22(11)12)16-5-15(20,6-16)7-16/h3-4,11H,1-2,5-7H2/t11-,15?,16?/m0/s1. The number of benzene rings is 1. The second-order valence-corrected chi connectivity index (χ2v) is 7.24. The van der Waals surface area contributed by atoms with Crippen LogP contribution in [0.25, 0.3) is 0 Å². The lowest BCUT2D eigenvalue weighted by Crippen LogP contribution is -2.72. The Morgan fingerprint density at radius 2 is 1.75 bits per heavy atom. The van der Waals surface area contributed by atoms with E-state index in [1.807, 2.05) is 0 Å². The Bertz CT molecular complexity index is 905. The summed E-state index contributed by atoms with van der Waals surface area (Å²) in [6.45, 7) is 0. The normalized spacial score (nSPS) is 33.1. The molecule has 126 valence electrons. The molecule has 4 aliphatic rings. The zero-order valence-electron chi connectivity index (χ0n) is 12.5. The van der Waals surface area contributed by atoms with Crippen LogP contribution in [0.5, 0.6) is 0 Å². The molecule has 8 heteroatoms. The number of fused-ring (bicyclic) bond motifs is 1. The molecule has 24 heavy (non-hydrogen) atoms. The molecular formula is C16H13F4N3O. The minimum absolute atomic E-state index is 0.200. The van der Waals surface area contributed by atoms with E-state index < -0.39 is 34.7 Å². The monoisotopic (exact) mass is 339 g/mol. The molecule has 0 amide bonds. The summed E-state index contributed by atoms with van der Waals surface area (Å²) in [5, 5.41) is 4.33. The van der Waals surface area contributed by atoms with Crippen LogP contribution in [0.4, 0.5) is 17.6 Å². The highest BCUT2D eigenvalue weighted by Gasteiger charge is 2.71. The van der Waals surface area contributed by atoms with Crippen LogP contribution in [-0.2, 0) is 12.0 Å². The SMILES string of the molecule is O=c1n(C23CC(F)(C2)C3)nc2n1[C@H](c1cc(F)c(F)c(F)c1)CC2. The molecule has 0 unspecified atom stereocenters. The molecule has 1 atom stereocenters. The van der Waals surface area contributed by atoms with E-state index in [1.54, 1.807) is 0 Å². The quantitative estimate of drug-likeness (QED) is 0.623. The fourth-order valence-corrected chi connectivity index (χ4v) is 4.53. The predicted molar refractivity (Wildman–Crippen MR) is 74.9 cm³/mol. The summed E-state index contributed by atoms with van der Waals surface area (Å²) in [6, 6.07) is 1.25. The van der Waals surface area contributed by atoms with Crippen LogP contribution in [-0.4, -0.2) is 20.0 Å². The van der Waals surface area contributed by atoms with Gasteiger partial charge in [-0.15, -0.1) is 0 Å². The van der Waals surface area contributed by atoms with Crippen LogP contribution < -0.4 is 5.69 Å². The van der Waals surface area contributed by atoms with Crippen LogP contribution in [0, 0.1) is 17.5 Å². The van der Waals surface area contributed by atoms with Crippen LogP contribution >= 0.6 is 0 Å². The topological polar surface area (TPSA) is 39.8 Å². The van der Waals surface area contributed by atoms with Gasteiger partial charge in [-0.3, -0.25) is 4.57 Å². The summed E-state index contributed by atoms with van der Waals surface area (Å²) in [5.74, 6) is -3.56. The lowest BCUT2D eigenvalue weighted by molar-refractivity contribution is -0.205. The summed E-state index contributed by atoms with van der Waals surface area (Å²) < 4.78 is 56.7. The third kappa shape index (κ3) is 1.58. The Hall–Kier alpha value is -2.12. The van der Waals surface area contributed by atoms with Gasteiger partial charge in [-0.05, 0) is 24.1 Å². The number of hydrogen-bond donors (Lipinski definition) is 0. The Morgan fingerprint density at radius 1 is 1.12 bits per heavy atom. The smallest absolute Gasteiger partial charge is 0.271 e. The first-order chi connectivity index (χ1) is 11.3. The van der Waals surface area contributed by atoms with E-state index in [2.05, 4.69) is 5.10 Å². The van der Waals surface area contributed by atoms with Crippen LogP contribution in [0.2, 0.25) is 0 Å². The molecule has 1 aromatic carbocycles. The first-order valence-electron chi connectivity index (χ1n) is 7.86. The van der Waals surface area contributed by atoms with Crippen molar-refractivity contribution in [2.24, 2.45) is 0 Å². The van der Waals surface area contributed by atoms with E-state index in [-0.39, 0.29) is 11.3 Å². The molecule has 1 aliphatic heterocycles. The van der Waals surface area contributed by atoms with E-state index >= 15 is 0 Å². The highest BCUT2D eigenvalue weighted by Crippen LogP contribution is 2.66. The van der Waals surface area contributed by atoms with Crippen molar-refractivity contribution >= 4 is 0 Å². The minimum Gasteiger partial charge on any atom is -0.271 e. The molecule has 0 spiro atoms. The second-order valence-electron chi connectivity index (χ2n) is 7.24. The predicted octanol–water partition coefficient (Wildman–Crippen LogP) is 2.60. The summed E-state index contributed by atoms with van der Waals surface area (Å²) in [7, 11) is 0. The maximum Gasteiger partial charge on any atom is 0.347 e. The first kappa shape index (κ1) is 14.2. The van der Waals surface area contributed by atoms with Crippen molar-refractivity contribution in [2.45, 2.75) is 49.4 Å². The number of rotatable bonds is 2. The molecule has 3 fully saturated rings. The van der Waals surface area contributed by atoms with Gasteiger partial charge in [-0.25, -0.2) is 27.0 Å². The van der Waals surface area contributed by atoms with E-state index in [0.717, 1.165) is 12.1 Å². The van der Waals surface area contributed by atoms with E-state index in [9.17, 15) is 22.4 Å². The second kappa shape index (κ2) is 4.10. The Labute approximate surface area is 133 Å². The average molecular weight is 339 g/mol. The molecule has 2 aromatic rings. The number of halogens is 4. The molecule has 1 aromatic heterocycles. The largest absolute Gasteiger partial charge is 0.347 e. The molecule has 0 radical (unpaired) electrons. The first-order valence-corrected chi connectivity index (χ1v) is 7.86. The third-order valence-corrected chi connectivity index (χ3v) is 5.61. The van der Waals surface area contributed by atoms with Crippen molar-refractivity contribution in [2.75, 3.05) is 0 Å². The maximum atomic E-state index is 13.7. The minimum atomic E-state index is -1.53. The van der Waals surface area contributed by atoms with Gasteiger partial charge >= 0.3 is 5.69 Å². The summed E-state index contributed by atoms with van der Waals surface area (Å²) >= 11 is 0. The number of alkyl halides is 1. The van der Waals surface area contributed by atoms with Crippen LogP contribution in [0.3, 0.4) is 0 Å². The number of nitrogens with zero attached hydrogens (tertiary/aromatic N) is 3. The van der Waals surface area contributed by atoms with Gasteiger partial charge in [-0.2, -0.15) is 5.10 Å². The number of aromatic nitrogens is 3. The summed E-state index contributed by atoms with van der Waals surface area (Å²) in [4.78, 5) is 12.7. The zero-order chi connectivity index (χ0) is 16.9. The van der Waals surface area contributed by atoms with Crippen LogP contribution in [0.1, 0.15) is 43.1 Å². The van der Waals surface area contributed by atoms with E-state index in [1.165, 1.54) is 9.25 Å². The third-order valence-electron chi connectivity index (χ3n) is 5.61. The van der Waals surface area contributed by atoms with Crippen molar-refractivity contribution in [3.05, 3.63) is 51.5 Å². The molecule has 0 N–H and O–H groups in total. The highest BCUT2D eigenvalue weighted by molar-refractivity contribution is 5.27. The lowest BCUT2D eigenvalue weighted by Gasteiger charge is -2.64. The van der Waals surface area contributed by atoms with Gasteiger partial charge in [0.1, 0.15) is 11.5 Å². The molecular weight excluding hydrogens is 326 g/mol. The van der Waals surface area contributed by atoms with Gasteiger partial charge in [-0.1, -0.05) is 0 Å². The molecule has 3 aliphatic carbocycles. The van der Waals surface area contributed by atoms with Gasteiger partial charge in [0.25, 0.3) is 0 Å². The van der Waals surface area contributed by atoms with Gasteiger partial charge in [0.05, 0.1) is 11.6 Å². The number of hydrogen-bond acceptors (Lipinski definition) is 2. The van der Waals surface area contributed by atoms with Crippen molar-refractivity contribution in [3.8, 4) is 0 Å². The van der Waals surface area contributed by atoms with Gasteiger partial charge in [0.15, 0.2) is 17.5 Å². The van der Waals surface area contributed by atoms with Crippen LogP contribution in [0.15, 0.2) is 16.9 Å². The van der Waals surface area contributed by atoms with Crippen molar-refractivity contribution in [3.63, 3.8) is 0 Å². The molecule has 0 saturated heterocycles. The fraction of sp³-hybridized carbons (Fsp3) is 0.500. The molecule has 6 rings (SSSR count). The van der Waals surface area contributed by atoms with Crippen molar-refractivity contribution in [1.29, 1.82) is 0 Å². The van der Waals surface area contributed by atoms with Crippen molar-refractivity contribution in [1.82, 2.24) is 14.3 Å². The Balaban J connectivity index is 1.58. The van der Waals surface area contributed by atoms with Gasteiger partial charge in [0, 0.05) is 25.7 Å². The maximum absolute atomic E-state index is 13.7. The summed E-state index contributed by atoms with van der Waals surface area (Å²) in [5.41, 5.74) is -1.88. The fourth-order valence-electron chi connectivity index (χ4n) is 4.53. The average Bonchev–Trinajstić information content (AvgIpc) is 3.01. The molecule has 2 bridgehead atoms. The van der Waals surface area contributed by atoms with E-state index in [0.29, 0.717) is 37.9 Å². The van der Waals surface area contributed by atoms with E-state index in [4.69, 9.17) is 0 Å². The Morgan fingerprint density at radius 3 is 2.33 bits per heavy atom. The van der Waals surface area contributed by atoms with Crippen molar-refractivity contribution < 1.29 is 17.6 Å². The lowest BCUT2D eigenvalue weighted by atomic mass is 9.47. The van der Waals surface area contributed by atoms with Gasteiger partial charge in [0.2, 0.25) is 0 Å².